The first-order valence-corrected chi connectivity index (χ1v) is 6.73. The topological polar surface area (TPSA) is 32.3 Å². The molecule has 0 aromatic heterocycles. The van der Waals surface area contributed by atoms with Crippen LogP contribution in [0, 0.1) is 12.7 Å². The zero-order valence-corrected chi connectivity index (χ0v) is 13.0. The molecule has 1 aromatic rings. The van der Waals surface area contributed by atoms with Crippen LogP contribution in [0.25, 0.3) is 0 Å². The molecule has 20 heavy (non-hydrogen) atoms. The molecule has 1 N–H and O–H groups in total. The van der Waals surface area contributed by atoms with Gasteiger partial charge in [0.2, 0.25) is 0 Å². The third kappa shape index (κ3) is 3.49. The highest BCUT2D eigenvalue weighted by Crippen LogP contribution is 2.28. The number of carbonyl (C=O) groups is 1. The fourth-order valence-electron chi connectivity index (χ4n) is 2.66. The Hall–Kier alpha value is -1.13. The molecule has 112 valence electrons. The highest BCUT2D eigenvalue weighted by Gasteiger charge is 2.21. The third-order valence-electron chi connectivity index (χ3n) is 3.74. The van der Waals surface area contributed by atoms with Gasteiger partial charge in [0.1, 0.15) is 5.82 Å². The van der Waals surface area contributed by atoms with Gasteiger partial charge < -0.3 is 10.2 Å². The molecular formula is C15H22ClFN2O. The molecule has 1 saturated heterocycles. The first-order valence-electron chi connectivity index (χ1n) is 6.73. The van der Waals surface area contributed by atoms with Crippen molar-refractivity contribution in [3.8, 4) is 0 Å². The average molecular weight is 301 g/mol. The first-order chi connectivity index (χ1) is 9.00. The van der Waals surface area contributed by atoms with Gasteiger partial charge in [0.15, 0.2) is 0 Å². The van der Waals surface area contributed by atoms with Crippen LogP contribution in [0.3, 0.4) is 0 Å². The standard InChI is InChI=1S/C15H21FN2O.ClH/c1-10-8-12(11-4-6-17-7-5-11)9-13(16)14(10)15(19)18(2)3;/h8-9,11,17H,4-7H2,1-3H3;1H. The van der Waals surface area contributed by atoms with E-state index in [1.807, 2.05) is 13.0 Å². The van der Waals surface area contributed by atoms with Gasteiger partial charge in [0, 0.05) is 14.1 Å². The van der Waals surface area contributed by atoms with Crippen molar-refractivity contribution in [2.75, 3.05) is 27.2 Å². The van der Waals surface area contributed by atoms with E-state index in [-0.39, 0.29) is 23.9 Å². The van der Waals surface area contributed by atoms with Gasteiger partial charge in [-0.15, -0.1) is 12.4 Å². The fourth-order valence-corrected chi connectivity index (χ4v) is 2.66. The van der Waals surface area contributed by atoms with Gasteiger partial charge in [-0.25, -0.2) is 4.39 Å². The van der Waals surface area contributed by atoms with Crippen LogP contribution in [0.2, 0.25) is 0 Å². The van der Waals surface area contributed by atoms with Crippen LogP contribution in [-0.2, 0) is 0 Å². The minimum Gasteiger partial charge on any atom is -0.345 e. The molecule has 0 saturated carbocycles. The Kier molecular flexibility index (Phi) is 5.96. The second-order valence-electron chi connectivity index (χ2n) is 5.42. The van der Waals surface area contributed by atoms with Gasteiger partial charge in [-0.2, -0.15) is 0 Å². The lowest BCUT2D eigenvalue weighted by atomic mass is 9.88. The second-order valence-corrected chi connectivity index (χ2v) is 5.42. The molecule has 1 amide bonds. The maximum atomic E-state index is 14.2. The number of piperidine rings is 1. The van der Waals surface area contributed by atoms with E-state index in [0.29, 0.717) is 5.92 Å². The Morgan fingerprint density at radius 3 is 2.40 bits per heavy atom. The summed E-state index contributed by atoms with van der Waals surface area (Å²) in [4.78, 5) is 13.4. The van der Waals surface area contributed by atoms with Crippen molar-refractivity contribution in [1.82, 2.24) is 10.2 Å². The molecule has 5 heteroatoms. The molecule has 1 aliphatic heterocycles. The number of aryl methyl sites for hydroxylation is 1. The Bertz CT molecular complexity index is 462. The Balaban J connectivity index is 0.00000200. The van der Waals surface area contributed by atoms with Gasteiger partial charge in [0.25, 0.3) is 5.91 Å². The Morgan fingerprint density at radius 2 is 1.90 bits per heavy atom. The van der Waals surface area contributed by atoms with Crippen LogP contribution in [0.5, 0.6) is 0 Å². The SMILES string of the molecule is Cc1cc(C2CCNCC2)cc(F)c1C(=O)N(C)C.Cl. The fraction of sp³-hybridized carbons (Fsp3) is 0.533. The average Bonchev–Trinajstić information content (AvgIpc) is 2.38. The van der Waals surface area contributed by atoms with Crippen LogP contribution in [0.1, 0.15) is 40.2 Å². The summed E-state index contributed by atoms with van der Waals surface area (Å²) >= 11 is 0. The number of hydrogen-bond acceptors (Lipinski definition) is 2. The molecule has 0 aliphatic carbocycles. The molecule has 0 atom stereocenters. The molecule has 1 fully saturated rings. The number of benzene rings is 1. The Morgan fingerprint density at radius 1 is 1.30 bits per heavy atom. The molecule has 0 spiro atoms. The van der Waals surface area contributed by atoms with E-state index in [9.17, 15) is 9.18 Å². The van der Waals surface area contributed by atoms with Crippen molar-refractivity contribution in [2.24, 2.45) is 0 Å². The summed E-state index contributed by atoms with van der Waals surface area (Å²) in [5, 5.41) is 3.30. The minimum atomic E-state index is -0.396. The van der Waals surface area contributed by atoms with E-state index in [4.69, 9.17) is 0 Å². The number of carbonyl (C=O) groups excluding carboxylic acids is 1. The lowest BCUT2D eigenvalue weighted by molar-refractivity contribution is 0.0822. The number of halogens is 2. The van der Waals surface area contributed by atoms with Crippen molar-refractivity contribution in [2.45, 2.75) is 25.7 Å². The third-order valence-corrected chi connectivity index (χ3v) is 3.74. The summed E-state index contributed by atoms with van der Waals surface area (Å²) in [6, 6.07) is 3.51. The summed E-state index contributed by atoms with van der Waals surface area (Å²) in [5.74, 6) is -0.267. The molecule has 0 bridgehead atoms. The summed E-state index contributed by atoms with van der Waals surface area (Å²) in [7, 11) is 3.28. The molecule has 1 heterocycles. The van der Waals surface area contributed by atoms with Crippen molar-refractivity contribution in [1.29, 1.82) is 0 Å². The van der Waals surface area contributed by atoms with Crippen LogP contribution < -0.4 is 5.32 Å². The van der Waals surface area contributed by atoms with Crippen LogP contribution in [-0.4, -0.2) is 38.0 Å². The van der Waals surface area contributed by atoms with Crippen molar-refractivity contribution in [3.63, 3.8) is 0 Å². The van der Waals surface area contributed by atoms with Crippen molar-refractivity contribution < 1.29 is 9.18 Å². The van der Waals surface area contributed by atoms with Crippen molar-refractivity contribution >= 4 is 18.3 Å². The van der Waals surface area contributed by atoms with E-state index in [2.05, 4.69) is 5.32 Å². The highest BCUT2D eigenvalue weighted by molar-refractivity contribution is 5.95. The Labute approximate surface area is 125 Å². The van der Waals surface area contributed by atoms with E-state index < -0.39 is 5.82 Å². The van der Waals surface area contributed by atoms with Gasteiger partial charge in [0.05, 0.1) is 5.56 Å². The van der Waals surface area contributed by atoms with E-state index in [1.54, 1.807) is 20.2 Å². The highest BCUT2D eigenvalue weighted by atomic mass is 35.5. The van der Waals surface area contributed by atoms with Gasteiger partial charge in [-0.05, 0) is 56.0 Å². The molecule has 0 unspecified atom stereocenters. The molecule has 2 rings (SSSR count). The maximum Gasteiger partial charge on any atom is 0.256 e. The summed E-state index contributed by atoms with van der Waals surface area (Å²) < 4.78 is 14.2. The summed E-state index contributed by atoms with van der Waals surface area (Å²) in [6.07, 6.45) is 2.06. The number of rotatable bonds is 2. The minimum absolute atomic E-state index is 0. The second kappa shape index (κ2) is 7.04. The molecule has 3 nitrogen and oxygen atoms in total. The predicted octanol–water partition coefficient (Wildman–Crippen LogP) is 2.72. The van der Waals surface area contributed by atoms with E-state index >= 15 is 0 Å². The molecule has 1 aromatic carbocycles. The molecule has 0 radical (unpaired) electrons. The lowest BCUT2D eigenvalue weighted by Gasteiger charge is -2.24. The maximum absolute atomic E-state index is 14.2. The summed E-state index contributed by atoms with van der Waals surface area (Å²) in [6.45, 7) is 3.76. The number of hydrogen-bond donors (Lipinski definition) is 1. The molecular weight excluding hydrogens is 279 g/mol. The predicted molar refractivity (Wildman–Crippen MR) is 81.2 cm³/mol. The smallest absolute Gasteiger partial charge is 0.256 e. The number of amides is 1. The van der Waals surface area contributed by atoms with Crippen molar-refractivity contribution in [3.05, 3.63) is 34.6 Å². The van der Waals surface area contributed by atoms with Crippen LogP contribution in [0.15, 0.2) is 12.1 Å². The normalized spacial score (nSPS) is 15.6. The zero-order chi connectivity index (χ0) is 14.0. The van der Waals surface area contributed by atoms with Crippen LogP contribution >= 0.6 is 12.4 Å². The van der Waals surface area contributed by atoms with Crippen LogP contribution in [0.4, 0.5) is 4.39 Å². The first kappa shape index (κ1) is 16.9. The van der Waals surface area contributed by atoms with E-state index in [1.165, 1.54) is 4.90 Å². The van der Waals surface area contributed by atoms with Gasteiger partial charge in [-0.3, -0.25) is 4.79 Å². The van der Waals surface area contributed by atoms with Gasteiger partial charge >= 0.3 is 0 Å². The number of nitrogens with one attached hydrogen (secondary N) is 1. The van der Waals surface area contributed by atoms with E-state index in [0.717, 1.165) is 37.1 Å². The lowest BCUT2D eigenvalue weighted by Crippen LogP contribution is -2.27. The largest absolute Gasteiger partial charge is 0.345 e. The molecule has 1 aliphatic rings. The number of nitrogens with zero attached hydrogens (tertiary/aromatic N) is 1. The van der Waals surface area contributed by atoms with Gasteiger partial charge in [-0.1, -0.05) is 6.07 Å². The quantitative estimate of drug-likeness (QED) is 0.911. The zero-order valence-electron chi connectivity index (χ0n) is 12.2. The monoisotopic (exact) mass is 300 g/mol. The summed E-state index contributed by atoms with van der Waals surface area (Å²) in [5.41, 5.74) is 1.95.